The summed E-state index contributed by atoms with van der Waals surface area (Å²) in [6.07, 6.45) is -4.61. The third kappa shape index (κ3) is 4.47. The molecule has 0 unspecified atom stereocenters. The molecule has 134 valence electrons. The number of alkyl halides is 3. The van der Waals surface area contributed by atoms with Crippen LogP contribution in [0.2, 0.25) is 5.02 Å². The summed E-state index contributed by atoms with van der Waals surface area (Å²) >= 11 is 6.77. The van der Waals surface area contributed by atoms with Crippen LogP contribution in [0, 0.1) is 0 Å². The number of nitrogens with zero attached hydrogens (tertiary/aromatic N) is 1. The predicted octanol–water partition coefficient (Wildman–Crippen LogP) is 5.64. The minimum Gasteiger partial charge on any atom is -0.325 e. The number of para-hydroxylation sites is 1. The number of pyridine rings is 1. The molecule has 0 saturated carbocycles. The van der Waals surface area contributed by atoms with Crippen molar-refractivity contribution in [2.75, 3.05) is 11.1 Å². The molecule has 26 heavy (non-hydrogen) atoms. The SMILES string of the molecule is O=C(CSc1ccc2ccccc2n1)Nc1ccc(Cl)cc1C(F)(F)F. The summed E-state index contributed by atoms with van der Waals surface area (Å²) < 4.78 is 39.2. The van der Waals surface area contributed by atoms with E-state index in [4.69, 9.17) is 11.6 Å². The van der Waals surface area contributed by atoms with Gasteiger partial charge in [-0.3, -0.25) is 4.79 Å². The predicted molar refractivity (Wildman–Crippen MR) is 97.6 cm³/mol. The van der Waals surface area contributed by atoms with E-state index in [-0.39, 0.29) is 16.5 Å². The van der Waals surface area contributed by atoms with Crippen molar-refractivity contribution in [1.82, 2.24) is 4.98 Å². The lowest BCUT2D eigenvalue weighted by Crippen LogP contribution is -2.18. The molecule has 2 aromatic carbocycles. The Morgan fingerprint density at radius 2 is 1.88 bits per heavy atom. The van der Waals surface area contributed by atoms with Crippen LogP contribution in [0.15, 0.2) is 59.6 Å². The first-order valence-electron chi connectivity index (χ1n) is 7.48. The van der Waals surface area contributed by atoms with Crippen molar-refractivity contribution in [3.8, 4) is 0 Å². The summed E-state index contributed by atoms with van der Waals surface area (Å²) in [5.41, 5.74) is -0.513. The number of thioether (sulfide) groups is 1. The molecule has 0 bridgehead atoms. The molecule has 0 aliphatic carbocycles. The highest BCUT2D eigenvalue weighted by atomic mass is 35.5. The fourth-order valence-electron chi connectivity index (χ4n) is 2.31. The Hall–Kier alpha value is -2.25. The van der Waals surface area contributed by atoms with Crippen LogP contribution in [0.5, 0.6) is 0 Å². The van der Waals surface area contributed by atoms with Crippen LogP contribution in [0.25, 0.3) is 10.9 Å². The highest BCUT2D eigenvalue weighted by molar-refractivity contribution is 7.99. The lowest BCUT2D eigenvalue weighted by molar-refractivity contribution is -0.137. The van der Waals surface area contributed by atoms with Crippen LogP contribution in [-0.2, 0) is 11.0 Å². The molecule has 1 amide bonds. The van der Waals surface area contributed by atoms with Crippen molar-refractivity contribution in [2.24, 2.45) is 0 Å². The van der Waals surface area contributed by atoms with E-state index in [1.807, 2.05) is 30.3 Å². The first-order valence-corrected chi connectivity index (χ1v) is 8.84. The van der Waals surface area contributed by atoms with Gasteiger partial charge in [-0.25, -0.2) is 4.98 Å². The molecule has 0 saturated heterocycles. The van der Waals surface area contributed by atoms with Gasteiger partial charge in [-0.05, 0) is 30.3 Å². The topological polar surface area (TPSA) is 42.0 Å². The van der Waals surface area contributed by atoms with Gasteiger partial charge in [0.05, 0.1) is 27.5 Å². The summed E-state index contributed by atoms with van der Waals surface area (Å²) in [6.45, 7) is 0. The van der Waals surface area contributed by atoms with Gasteiger partial charge in [0, 0.05) is 10.4 Å². The zero-order chi connectivity index (χ0) is 18.7. The number of benzene rings is 2. The Morgan fingerprint density at radius 3 is 2.65 bits per heavy atom. The fraction of sp³-hybridized carbons (Fsp3) is 0.111. The molecule has 0 radical (unpaired) electrons. The Labute approximate surface area is 156 Å². The van der Waals surface area contributed by atoms with Crippen LogP contribution < -0.4 is 5.32 Å². The van der Waals surface area contributed by atoms with Gasteiger partial charge in [0.1, 0.15) is 0 Å². The van der Waals surface area contributed by atoms with Gasteiger partial charge in [0.15, 0.2) is 0 Å². The Kier molecular flexibility index (Phi) is 5.38. The van der Waals surface area contributed by atoms with Gasteiger partial charge in [0.2, 0.25) is 5.91 Å². The second kappa shape index (κ2) is 7.55. The first-order chi connectivity index (χ1) is 12.3. The number of hydrogen-bond donors (Lipinski definition) is 1. The van der Waals surface area contributed by atoms with Gasteiger partial charge in [-0.1, -0.05) is 47.6 Å². The van der Waals surface area contributed by atoms with Crippen molar-refractivity contribution in [2.45, 2.75) is 11.2 Å². The molecule has 8 heteroatoms. The maximum absolute atomic E-state index is 13.1. The van der Waals surface area contributed by atoms with Gasteiger partial charge < -0.3 is 5.32 Å². The van der Waals surface area contributed by atoms with E-state index < -0.39 is 17.6 Å². The van der Waals surface area contributed by atoms with E-state index in [1.165, 1.54) is 6.07 Å². The molecule has 0 fully saturated rings. The van der Waals surface area contributed by atoms with Gasteiger partial charge in [-0.15, -0.1) is 0 Å². The molecule has 0 atom stereocenters. The number of amides is 1. The zero-order valence-corrected chi connectivity index (χ0v) is 14.8. The zero-order valence-electron chi connectivity index (χ0n) is 13.2. The highest BCUT2D eigenvalue weighted by Gasteiger charge is 2.34. The first kappa shape index (κ1) is 18.5. The van der Waals surface area contributed by atoms with E-state index >= 15 is 0 Å². The van der Waals surface area contributed by atoms with E-state index in [2.05, 4.69) is 10.3 Å². The number of carbonyl (C=O) groups excluding carboxylic acids is 1. The van der Waals surface area contributed by atoms with E-state index in [0.29, 0.717) is 5.03 Å². The van der Waals surface area contributed by atoms with E-state index in [0.717, 1.165) is 34.8 Å². The molecule has 3 nitrogen and oxygen atoms in total. The Balaban J connectivity index is 1.69. The molecule has 1 N–H and O–H groups in total. The lowest BCUT2D eigenvalue weighted by Gasteiger charge is -2.14. The maximum atomic E-state index is 13.1. The summed E-state index contributed by atoms with van der Waals surface area (Å²) in [7, 11) is 0. The fourth-order valence-corrected chi connectivity index (χ4v) is 3.16. The molecule has 0 aliphatic rings. The third-order valence-electron chi connectivity index (χ3n) is 3.49. The molecule has 1 aromatic heterocycles. The van der Waals surface area contributed by atoms with Crippen LogP contribution in [0.1, 0.15) is 5.56 Å². The Morgan fingerprint density at radius 1 is 1.12 bits per heavy atom. The number of nitrogens with one attached hydrogen (secondary N) is 1. The highest BCUT2D eigenvalue weighted by Crippen LogP contribution is 2.36. The molecular weight excluding hydrogens is 385 g/mol. The number of hydrogen-bond acceptors (Lipinski definition) is 3. The number of aromatic nitrogens is 1. The van der Waals surface area contributed by atoms with Gasteiger partial charge in [0.25, 0.3) is 0 Å². The molecule has 3 rings (SSSR count). The van der Waals surface area contributed by atoms with Crippen molar-refractivity contribution < 1.29 is 18.0 Å². The van der Waals surface area contributed by atoms with E-state index in [9.17, 15) is 18.0 Å². The normalized spacial score (nSPS) is 11.5. The van der Waals surface area contributed by atoms with Crippen LogP contribution in [-0.4, -0.2) is 16.6 Å². The smallest absolute Gasteiger partial charge is 0.325 e. The minimum absolute atomic E-state index is 0.0509. The molecule has 3 aromatic rings. The lowest BCUT2D eigenvalue weighted by atomic mass is 10.1. The van der Waals surface area contributed by atoms with Crippen LogP contribution in [0.4, 0.5) is 18.9 Å². The summed E-state index contributed by atoms with van der Waals surface area (Å²) in [5.74, 6) is -0.622. The van der Waals surface area contributed by atoms with Crippen LogP contribution in [0.3, 0.4) is 0 Å². The monoisotopic (exact) mass is 396 g/mol. The van der Waals surface area contributed by atoms with Crippen LogP contribution >= 0.6 is 23.4 Å². The number of anilines is 1. The summed E-state index contributed by atoms with van der Waals surface area (Å²) in [6, 6.07) is 14.4. The second-order valence-corrected chi connectivity index (χ2v) is 6.80. The number of carbonyl (C=O) groups is 1. The quantitative estimate of drug-likeness (QED) is 0.580. The van der Waals surface area contributed by atoms with Crippen molar-refractivity contribution in [3.05, 3.63) is 65.2 Å². The minimum atomic E-state index is -4.61. The molecule has 0 spiro atoms. The number of fused-ring (bicyclic) bond motifs is 1. The molecule has 0 aliphatic heterocycles. The standard InChI is InChI=1S/C18H12ClF3N2OS/c19-12-6-7-15(13(9-12)18(20,21)22)23-16(25)10-26-17-8-5-11-3-1-2-4-14(11)24-17/h1-9H,10H2,(H,23,25). The summed E-state index contributed by atoms with van der Waals surface area (Å²) in [4.78, 5) is 16.5. The molecule has 1 heterocycles. The van der Waals surface area contributed by atoms with Gasteiger partial charge in [-0.2, -0.15) is 13.2 Å². The van der Waals surface area contributed by atoms with Crippen molar-refractivity contribution in [1.29, 1.82) is 0 Å². The van der Waals surface area contributed by atoms with Crippen molar-refractivity contribution >= 4 is 45.9 Å². The largest absolute Gasteiger partial charge is 0.418 e. The van der Waals surface area contributed by atoms with Gasteiger partial charge >= 0.3 is 6.18 Å². The van der Waals surface area contributed by atoms with Crippen molar-refractivity contribution in [3.63, 3.8) is 0 Å². The maximum Gasteiger partial charge on any atom is 0.418 e. The third-order valence-corrected chi connectivity index (χ3v) is 4.65. The number of rotatable bonds is 4. The average molecular weight is 397 g/mol. The number of halogens is 4. The average Bonchev–Trinajstić information content (AvgIpc) is 2.60. The molecular formula is C18H12ClF3N2OS. The van der Waals surface area contributed by atoms with E-state index in [1.54, 1.807) is 6.07 Å². The Bertz CT molecular complexity index is 963. The second-order valence-electron chi connectivity index (χ2n) is 5.37. The summed E-state index contributed by atoms with van der Waals surface area (Å²) in [5, 5.41) is 3.82.